The van der Waals surface area contributed by atoms with E-state index >= 15 is 0 Å². The molecule has 0 radical (unpaired) electrons. The predicted octanol–water partition coefficient (Wildman–Crippen LogP) is 6.32. The second-order valence-corrected chi connectivity index (χ2v) is 11.4. The summed E-state index contributed by atoms with van der Waals surface area (Å²) >= 11 is 1.30. The number of hydrogen-bond acceptors (Lipinski definition) is 8. The maximum atomic E-state index is 14.2. The molecule has 2 aromatic heterocycles. The third kappa shape index (κ3) is 5.59. The number of hydrogen-bond donors (Lipinski definition) is 2. The molecule has 1 aromatic carbocycles. The second-order valence-electron chi connectivity index (χ2n) is 10.3. The van der Waals surface area contributed by atoms with Gasteiger partial charge in [-0.2, -0.15) is 18.3 Å². The molecule has 0 saturated heterocycles. The van der Waals surface area contributed by atoms with Crippen LogP contribution < -0.4 is 20.1 Å². The van der Waals surface area contributed by atoms with Crippen molar-refractivity contribution in [3.8, 4) is 11.5 Å². The highest BCUT2D eigenvalue weighted by Crippen LogP contribution is 2.46. The lowest BCUT2D eigenvalue weighted by molar-refractivity contribution is -0.173. The molecule has 2 aliphatic rings. The van der Waals surface area contributed by atoms with Crippen molar-refractivity contribution in [1.82, 2.24) is 9.78 Å². The van der Waals surface area contributed by atoms with Gasteiger partial charge in [0.1, 0.15) is 16.4 Å². The minimum Gasteiger partial charge on any atom is -0.493 e. The van der Waals surface area contributed by atoms with Gasteiger partial charge in [-0.1, -0.05) is 6.07 Å². The van der Waals surface area contributed by atoms with Crippen molar-refractivity contribution in [1.29, 1.82) is 0 Å². The fraction of sp³-hybridized carbons (Fsp3) is 0.464. The van der Waals surface area contributed by atoms with Crippen LogP contribution in [0.25, 0.3) is 0 Å². The van der Waals surface area contributed by atoms with Crippen LogP contribution in [0.5, 0.6) is 11.5 Å². The molecule has 0 spiro atoms. The number of fused-ring (bicyclic) bond motifs is 2. The normalized spacial score (nSPS) is 18.2. The van der Waals surface area contributed by atoms with Crippen molar-refractivity contribution in [2.24, 2.45) is 0 Å². The summed E-state index contributed by atoms with van der Waals surface area (Å²) in [4.78, 5) is 27.6. The Morgan fingerprint density at radius 3 is 2.56 bits per heavy atom. The molecule has 2 atom stereocenters. The van der Waals surface area contributed by atoms with Gasteiger partial charge in [0.05, 0.1) is 38.1 Å². The van der Waals surface area contributed by atoms with E-state index in [0.717, 1.165) is 40.6 Å². The number of carbonyl (C=O) groups excluding carboxylic acids is 2. The van der Waals surface area contributed by atoms with Crippen LogP contribution in [0, 0.1) is 0 Å². The number of nitrogens with one attached hydrogen (secondary N) is 2. The number of alkyl halides is 3. The van der Waals surface area contributed by atoms with E-state index in [-0.39, 0.29) is 23.9 Å². The molecule has 3 aromatic rings. The highest BCUT2D eigenvalue weighted by Gasteiger charge is 2.47. The van der Waals surface area contributed by atoms with Gasteiger partial charge >= 0.3 is 12.1 Å². The van der Waals surface area contributed by atoms with Crippen LogP contribution in [-0.4, -0.2) is 48.2 Å². The van der Waals surface area contributed by atoms with Crippen molar-refractivity contribution in [2.75, 3.05) is 24.9 Å². The summed E-state index contributed by atoms with van der Waals surface area (Å²) < 4.78 is 59.5. The first kappa shape index (κ1) is 28.8. The lowest BCUT2D eigenvalue weighted by atomic mass is 9.95. The molecular weight excluding hydrogens is 561 g/mol. The van der Waals surface area contributed by atoms with Gasteiger partial charge in [0.15, 0.2) is 17.5 Å². The van der Waals surface area contributed by atoms with E-state index in [1.54, 1.807) is 32.0 Å². The van der Waals surface area contributed by atoms with E-state index in [4.69, 9.17) is 14.2 Å². The number of esters is 1. The smallest absolute Gasteiger partial charge is 0.410 e. The Balaban J connectivity index is 1.50. The van der Waals surface area contributed by atoms with Gasteiger partial charge in [-0.3, -0.25) is 4.79 Å². The largest absolute Gasteiger partial charge is 0.493 e. The molecule has 0 bridgehead atoms. The summed E-state index contributed by atoms with van der Waals surface area (Å²) in [5, 5.41) is 10.2. The summed E-state index contributed by atoms with van der Waals surface area (Å²) in [5.41, 5.74) is 1.64. The first-order valence-electron chi connectivity index (χ1n) is 13.3. The van der Waals surface area contributed by atoms with Crippen LogP contribution >= 0.6 is 11.3 Å². The fourth-order valence-electron chi connectivity index (χ4n) is 5.33. The topological polar surface area (TPSA) is 104 Å². The van der Waals surface area contributed by atoms with Crippen LogP contribution in [-0.2, 0) is 17.6 Å². The number of thiophene rings is 1. The maximum Gasteiger partial charge on any atom is 0.410 e. The van der Waals surface area contributed by atoms with Gasteiger partial charge < -0.3 is 24.8 Å². The van der Waals surface area contributed by atoms with Crippen LogP contribution in [0.2, 0.25) is 0 Å². The Labute approximate surface area is 239 Å². The summed E-state index contributed by atoms with van der Waals surface area (Å²) in [6.45, 7) is 3.48. The Morgan fingerprint density at radius 2 is 1.88 bits per heavy atom. The molecule has 13 heteroatoms. The van der Waals surface area contributed by atoms with Crippen LogP contribution in [0.3, 0.4) is 0 Å². The SMILES string of the molecule is COc1ccc([C@H]2C[C@H](C(F)(F)F)n3ncc(C(=O)Nc4sc5c(c4C(=O)OC(C)C)CCCC5)c3N2)cc1OC. The Morgan fingerprint density at radius 1 is 1.15 bits per heavy atom. The standard InChI is InChI=1S/C28H31F3N4O5S/c1-14(2)40-27(37)23-16-7-5-6-8-21(16)41-26(23)34-25(36)17-13-32-35-22(28(29,30)31)12-18(33-24(17)35)15-9-10-19(38-3)20(11-15)39-4/h9-11,13-14,18,22,33H,5-8,12H2,1-4H3,(H,34,36)/t18-,22-/m1/s1. The zero-order valence-electron chi connectivity index (χ0n) is 23.1. The summed E-state index contributed by atoms with van der Waals surface area (Å²) in [7, 11) is 2.91. The molecule has 5 rings (SSSR count). The Bertz CT molecular complexity index is 1470. The van der Waals surface area contributed by atoms with Crippen molar-refractivity contribution in [3.63, 3.8) is 0 Å². The van der Waals surface area contributed by atoms with E-state index in [2.05, 4.69) is 15.7 Å². The highest BCUT2D eigenvalue weighted by molar-refractivity contribution is 7.17. The monoisotopic (exact) mass is 592 g/mol. The number of halogens is 3. The number of aromatic nitrogens is 2. The number of amides is 1. The van der Waals surface area contributed by atoms with E-state index < -0.39 is 30.1 Å². The Kier molecular flexibility index (Phi) is 7.91. The molecule has 9 nitrogen and oxygen atoms in total. The lowest BCUT2D eigenvalue weighted by Gasteiger charge is -2.34. The predicted molar refractivity (Wildman–Crippen MR) is 147 cm³/mol. The minimum atomic E-state index is -4.62. The third-order valence-corrected chi connectivity index (χ3v) is 8.45. The van der Waals surface area contributed by atoms with Gasteiger partial charge in [-0.05, 0) is 62.8 Å². The molecule has 1 amide bonds. The van der Waals surface area contributed by atoms with Crippen LogP contribution in [0.15, 0.2) is 24.4 Å². The molecule has 2 N–H and O–H groups in total. The van der Waals surface area contributed by atoms with Gasteiger partial charge in [0.25, 0.3) is 5.91 Å². The Hall–Kier alpha value is -3.74. The molecular formula is C28H31F3N4O5S. The number of nitrogens with zero attached hydrogens (tertiary/aromatic N) is 2. The quantitative estimate of drug-likeness (QED) is 0.310. The second kappa shape index (κ2) is 11.3. The van der Waals surface area contributed by atoms with E-state index in [0.29, 0.717) is 34.0 Å². The maximum absolute atomic E-state index is 14.2. The van der Waals surface area contributed by atoms with E-state index in [9.17, 15) is 22.8 Å². The van der Waals surface area contributed by atoms with Gasteiger partial charge in [-0.25, -0.2) is 9.48 Å². The number of carbonyl (C=O) groups is 2. The third-order valence-electron chi connectivity index (χ3n) is 7.24. The molecule has 220 valence electrons. The van der Waals surface area contributed by atoms with E-state index in [1.165, 1.54) is 25.6 Å². The molecule has 1 aliphatic heterocycles. The van der Waals surface area contributed by atoms with E-state index in [1.807, 2.05) is 0 Å². The van der Waals surface area contributed by atoms with Crippen LogP contribution in [0.1, 0.15) is 81.9 Å². The molecule has 0 saturated carbocycles. The molecule has 41 heavy (non-hydrogen) atoms. The van der Waals surface area contributed by atoms with Crippen molar-refractivity contribution < 1.29 is 37.0 Å². The minimum absolute atomic E-state index is 0.0662. The lowest BCUT2D eigenvalue weighted by Crippen LogP contribution is -2.36. The summed E-state index contributed by atoms with van der Waals surface area (Å²) in [5.74, 6) is -0.464. The van der Waals surface area contributed by atoms with Crippen molar-refractivity contribution in [3.05, 3.63) is 51.5 Å². The first-order valence-corrected chi connectivity index (χ1v) is 14.1. The molecule has 0 unspecified atom stereocenters. The molecule has 1 aliphatic carbocycles. The number of ether oxygens (including phenoxy) is 3. The zero-order valence-corrected chi connectivity index (χ0v) is 23.9. The summed E-state index contributed by atoms with van der Waals surface area (Å²) in [6, 6.07) is 2.11. The average molecular weight is 593 g/mol. The number of aryl methyl sites for hydroxylation is 1. The van der Waals surface area contributed by atoms with Crippen LogP contribution in [0.4, 0.5) is 24.0 Å². The highest BCUT2D eigenvalue weighted by atomic mass is 32.1. The number of rotatable bonds is 7. The number of benzene rings is 1. The van der Waals surface area contributed by atoms with Gasteiger partial charge in [-0.15, -0.1) is 11.3 Å². The van der Waals surface area contributed by atoms with Gasteiger partial charge in [0.2, 0.25) is 0 Å². The zero-order chi connectivity index (χ0) is 29.5. The molecule has 0 fully saturated rings. The first-order chi connectivity index (χ1) is 19.5. The molecule has 3 heterocycles. The van der Waals surface area contributed by atoms with Gasteiger partial charge in [0, 0.05) is 11.3 Å². The fourth-order valence-corrected chi connectivity index (χ4v) is 6.60. The number of methoxy groups -OCH3 is 2. The average Bonchev–Trinajstić information content (AvgIpc) is 3.52. The number of anilines is 2. The van der Waals surface area contributed by atoms with Crippen molar-refractivity contribution in [2.45, 2.75) is 70.3 Å². The summed E-state index contributed by atoms with van der Waals surface area (Å²) in [6.07, 6.45) is -0.855. The van der Waals surface area contributed by atoms with Crippen molar-refractivity contribution >= 4 is 34.0 Å².